The second kappa shape index (κ2) is 9.79. The number of rotatable bonds is 9. The van der Waals surface area contributed by atoms with Crippen LogP contribution in [0.15, 0.2) is 54.6 Å². The van der Waals surface area contributed by atoms with Gasteiger partial charge in [-0.15, -0.1) is 11.8 Å². The number of hydrogen-bond acceptors (Lipinski definition) is 4. The molecule has 1 atom stereocenters. The Bertz CT molecular complexity index is 816. The quantitative estimate of drug-likeness (QED) is 0.694. The molecule has 0 heterocycles. The largest absolute Gasteiger partial charge is 0.481 e. The van der Waals surface area contributed by atoms with E-state index in [0.29, 0.717) is 23.3 Å². The van der Waals surface area contributed by atoms with Gasteiger partial charge >= 0.3 is 5.97 Å². The highest BCUT2D eigenvalue weighted by Crippen LogP contribution is 2.28. The van der Waals surface area contributed by atoms with E-state index in [1.54, 1.807) is 36.4 Å². The van der Waals surface area contributed by atoms with Crippen LogP contribution in [0.1, 0.15) is 30.0 Å². The summed E-state index contributed by atoms with van der Waals surface area (Å²) in [4.78, 5) is 24.1. The third-order valence-corrected chi connectivity index (χ3v) is 5.52. The molecular weight excluding hydrogens is 360 g/mol. The van der Waals surface area contributed by atoms with Gasteiger partial charge in [0.1, 0.15) is 5.41 Å². The minimum absolute atomic E-state index is 0.0547. The molecule has 6 heteroatoms. The highest BCUT2D eigenvalue weighted by molar-refractivity contribution is 7.99. The number of nitriles is 1. The first kappa shape index (κ1) is 20.5. The number of aliphatic carboxylic acids is 1. The Morgan fingerprint density at radius 1 is 1.15 bits per heavy atom. The molecule has 0 aromatic heterocycles. The van der Waals surface area contributed by atoms with Gasteiger partial charge in [-0.25, -0.2) is 0 Å². The zero-order chi connectivity index (χ0) is 19.7. The number of hydrogen-bond donors (Lipinski definition) is 2. The van der Waals surface area contributed by atoms with Crippen LogP contribution in [-0.2, 0) is 20.8 Å². The highest BCUT2D eigenvalue weighted by Gasteiger charge is 2.38. The zero-order valence-corrected chi connectivity index (χ0v) is 16.0. The van der Waals surface area contributed by atoms with Crippen molar-refractivity contribution in [2.24, 2.45) is 0 Å². The van der Waals surface area contributed by atoms with E-state index in [1.807, 2.05) is 25.1 Å². The van der Waals surface area contributed by atoms with Gasteiger partial charge in [-0.2, -0.15) is 5.26 Å². The fourth-order valence-corrected chi connectivity index (χ4v) is 3.59. The Morgan fingerprint density at radius 3 is 2.37 bits per heavy atom. The van der Waals surface area contributed by atoms with Crippen LogP contribution < -0.4 is 5.32 Å². The van der Waals surface area contributed by atoms with Crippen LogP contribution in [0, 0.1) is 11.3 Å². The van der Waals surface area contributed by atoms with Crippen molar-refractivity contribution in [2.75, 3.05) is 12.3 Å². The van der Waals surface area contributed by atoms with Gasteiger partial charge in [0.25, 0.3) is 0 Å². The van der Waals surface area contributed by atoms with E-state index in [0.717, 1.165) is 5.56 Å². The molecule has 27 heavy (non-hydrogen) atoms. The Labute approximate surface area is 163 Å². The van der Waals surface area contributed by atoms with E-state index >= 15 is 0 Å². The maximum atomic E-state index is 12.2. The van der Waals surface area contributed by atoms with E-state index in [4.69, 9.17) is 5.26 Å². The molecule has 0 fully saturated rings. The number of carbonyl (C=O) groups excluding carboxylic acids is 1. The molecule has 0 radical (unpaired) electrons. The smallest absolute Gasteiger partial charge is 0.315 e. The molecule has 2 aromatic carbocycles. The predicted molar refractivity (Wildman–Crippen MR) is 106 cm³/mol. The zero-order valence-electron chi connectivity index (χ0n) is 15.1. The second-order valence-corrected chi connectivity index (χ2v) is 7.17. The molecule has 0 saturated carbocycles. The van der Waals surface area contributed by atoms with E-state index < -0.39 is 11.4 Å². The number of amides is 1. The molecule has 1 unspecified atom stereocenters. The summed E-state index contributed by atoms with van der Waals surface area (Å²) in [5.41, 5.74) is 1.19. The van der Waals surface area contributed by atoms with Gasteiger partial charge in [-0.05, 0) is 29.7 Å². The Kier molecular flexibility index (Phi) is 7.44. The molecule has 0 spiro atoms. The normalized spacial score (nSPS) is 12.6. The van der Waals surface area contributed by atoms with Crippen LogP contribution in [0.25, 0.3) is 0 Å². The van der Waals surface area contributed by atoms with Gasteiger partial charge in [0.05, 0.1) is 17.4 Å². The van der Waals surface area contributed by atoms with Crippen molar-refractivity contribution in [3.05, 3.63) is 71.3 Å². The molecule has 0 saturated heterocycles. The van der Waals surface area contributed by atoms with Crippen molar-refractivity contribution in [3.8, 4) is 6.07 Å². The average molecular weight is 382 g/mol. The van der Waals surface area contributed by atoms with Crippen molar-refractivity contribution < 1.29 is 14.7 Å². The number of thioether (sulfide) groups is 1. The molecular formula is C21H22N2O3S. The molecule has 0 aliphatic heterocycles. The minimum Gasteiger partial charge on any atom is -0.481 e. The Morgan fingerprint density at radius 2 is 1.81 bits per heavy atom. The van der Waals surface area contributed by atoms with Gasteiger partial charge < -0.3 is 10.4 Å². The van der Waals surface area contributed by atoms with E-state index in [-0.39, 0.29) is 18.2 Å². The monoisotopic (exact) mass is 382 g/mol. The fraction of sp³-hybridized carbons (Fsp3) is 0.286. The highest BCUT2D eigenvalue weighted by atomic mass is 32.2. The summed E-state index contributed by atoms with van der Waals surface area (Å²) in [5, 5.41) is 21.3. The number of carboxylic acid groups (broad SMARTS) is 1. The number of carbonyl (C=O) groups is 2. The van der Waals surface area contributed by atoms with E-state index in [9.17, 15) is 14.7 Å². The third-order valence-electron chi connectivity index (χ3n) is 4.51. The van der Waals surface area contributed by atoms with Crippen LogP contribution in [0.5, 0.6) is 0 Å². The predicted octanol–water partition coefficient (Wildman–Crippen LogP) is 3.34. The Hall–Kier alpha value is -2.78. The van der Waals surface area contributed by atoms with Gasteiger partial charge in [0.15, 0.2) is 0 Å². The first-order valence-corrected chi connectivity index (χ1v) is 9.79. The van der Waals surface area contributed by atoms with Crippen molar-refractivity contribution in [2.45, 2.75) is 24.5 Å². The van der Waals surface area contributed by atoms with Crippen LogP contribution in [-0.4, -0.2) is 29.3 Å². The number of nitrogens with one attached hydrogen (secondary N) is 1. The van der Waals surface area contributed by atoms with E-state index in [2.05, 4.69) is 11.4 Å². The van der Waals surface area contributed by atoms with Crippen LogP contribution >= 0.6 is 11.8 Å². The summed E-state index contributed by atoms with van der Waals surface area (Å²) in [5.74, 6) is -0.241. The van der Waals surface area contributed by atoms with Gasteiger partial charge in [0, 0.05) is 12.3 Å². The molecule has 2 rings (SSSR count). The molecule has 5 nitrogen and oxygen atoms in total. The first-order chi connectivity index (χ1) is 13.0. The summed E-state index contributed by atoms with van der Waals surface area (Å²) >= 11 is 1.45. The molecule has 0 aliphatic rings. The van der Waals surface area contributed by atoms with Crippen molar-refractivity contribution in [1.29, 1.82) is 5.26 Å². The van der Waals surface area contributed by atoms with Crippen molar-refractivity contribution in [1.82, 2.24) is 5.32 Å². The SMILES string of the molecule is CCC(CNC(=O)CSCc1ccc(C#N)cc1)(C(=O)O)c1ccccc1. The van der Waals surface area contributed by atoms with Crippen molar-refractivity contribution in [3.63, 3.8) is 0 Å². The van der Waals surface area contributed by atoms with Gasteiger partial charge in [-0.1, -0.05) is 49.4 Å². The molecule has 2 N–H and O–H groups in total. The summed E-state index contributed by atoms with van der Waals surface area (Å²) in [7, 11) is 0. The van der Waals surface area contributed by atoms with Gasteiger partial charge in [-0.3, -0.25) is 9.59 Å². The minimum atomic E-state index is -1.13. The van der Waals surface area contributed by atoms with Crippen LogP contribution in [0.2, 0.25) is 0 Å². The topological polar surface area (TPSA) is 90.2 Å². The third kappa shape index (κ3) is 5.35. The lowest BCUT2D eigenvalue weighted by atomic mass is 9.78. The fourth-order valence-electron chi connectivity index (χ4n) is 2.78. The molecule has 140 valence electrons. The Balaban J connectivity index is 1.90. The number of benzene rings is 2. The maximum absolute atomic E-state index is 12.2. The standard InChI is InChI=1S/C21H22N2O3S/c1-2-21(20(25)26,18-6-4-3-5-7-18)15-23-19(24)14-27-13-17-10-8-16(12-22)9-11-17/h3-11H,2,13-15H2,1H3,(H,23,24)(H,25,26). The van der Waals surface area contributed by atoms with Crippen LogP contribution in [0.3, 0.4) is 0 Å². The van der Waals surface area contributed by atoms with Gasteiger partial charge in [0.2, 0.25) is 5.91 Å². The van der Waals surface area contributed by atoms with Crippen molar-refractivity contribution >= 4 is 23.6 Å². The summed E-state index contributed by atoms with van der Waals surface area (Å²) in [6, 6.07) is 18.3. The summed E-state index contributed by atoms with van der Waals surface area (Å²) < 4.78 is 0. The first-order valence-electron chi connectivity index (χ1n) is 8.64. The second-order valence-electron chi connectivity index (χ2n) is 6.19. The summed E-state index contributed by atoms with van der Waals surface area (Å²) in [6.07, 6.45) is 0.380. The molecule has 0 aliphatic carbocycles. The maximum Gasteiger partial charge on any atom is 0.315 e. The number of carboxylic acids is 1. The lowest BCUT2D eigenvalue weighted by Gasteiger charge is -2.29. The lowest BCUT2D eigenvalue weighted by Crippen LogP contribution is -2.46. The lowest BCUT2D eigenvalue weighted by molar-refractivity contribution is -0.144. The molecule has 1 amide bonds. The molecule has 0 bridgehead atoms. The average Bonchev–Trinajstić information content (AvgIpc) is 2.70. The number of nitrogens with zero attached hydrogens (tertiary/aromatic N) is 1. The van der Waals surface area contributed by atoms with E-state index in [1.165, 1.54) is 11.8 Å². The summed E-state index contributed by atoms with van der Waals surface area (Å²) in [6.45, 7) is 1.87. The van der Waals surface area contributed by atoms with Crippen LogP contribution in [0.4, 0.5) is 0 Å². The molecule has 2 aromatic rings.